The molecule has 2 amide bonds. The smallest absolute Gasteiger partial charge is 0.271 e. The number of halogens is 2. The van der Waals surface area contributed by atoms with E-state index in [2.05, 4.69) is 45.9 Å². The number of aryl methyl sites for hydroxylation is 2. The summed E-state index contributed by atoms with van der Waals surface area (Å²) in [6.45, 7) is 2.06. The molecule has 0 aliphatic carbocycles. The van der Waals surface area contributed by atoms with Gasteiger partial charge in [0.15, 0.2) is 0 Å². The molecule has 0 atom stereocenters. The van der Waals surface area contributed by atoms with Crippen LogP contribution in [0.15, 0.2) is 60.8 Å². The van der Waals surface area contributed by atoms with Gasteiger partial charge in [-0.15, -0.1) is 0 Å². The molecule has 2 aromatic heterocycles. The van der Waals surface area contributed by atoms with E-state index in [1.165, 1.54) is 12.1 Å². The van der Waals surface area contributed by atoms with Crippen molar-refractivity contribution in [2.24, 2.45) is 0 Å². The van der Waals surface area contributed by atoms with Gasteiger partial charge in [-0.05, 0) is 67.8 Å². The number of benzene rings is 2. The van der Waals surface area contributed by atoms with Gasteiger partial charge in [0.2, 0.25) is 5.91 Å². The second-order valence-electron chi connectivity index (χ2n) is 7.72. The molecule has 0 spiro atoms. The highest BCUT2D eigenvalue weighted by atomic mass is 35.5. The third-order valence-corrected chi connectivity index (χ3v) is 5.85. The average molecular weight is 481 g/mol. The van der Waals surface area contributed by atoms with Crippen molar-refractivity contribution >= 4 is 45.9 Å². The molecule has 2 heterocycles. The molecule has 0 fully saturated rings. The molecule has 6 nitrogen and oxygen atoms in total. The van der Waals surface area contributed by atoms with E-state index in [0.29, 0.717) is 17.9 Å². The molecule has 0 bridgehead atoms. The van der Waals surface area contributed by atoms with Gasteiger partial charge in [0, 0.05) is 28.5 Å². The van der Waals surface area contributed by atoms with Crippen molar-refractivity contribution in [2.75, 3.05) is 0 Å². The number of amides is 2. The Morgan fingerprint density at radius 3 is 2.64 bits per heavy atom. The fourth-order valence-electron chi connectivity index (χ4n) is 3.71. The van der Waals surface area contributed by atoms with Crippen LogP contribution in [0.25, 0.3) is 22.3 Å². The number of aromatic nitrogens is 2. The number of nitrogens with zero attached hydrogens (tertiary/aromatic N) is 1. The van der Waals surface area contributed by atoms with Crippen LogP contribution in [0.4, 0.5) is 0 Å². The summed E-state index contributed by atoms with van der Waals surface area (Å²) < 4.78 is 0. The lowest BCUT2D eigenvalue weighted by molar-refractivity contribution is -0.121. The normalized spacial score (nSPS) is 10.9. The van der Waals surface area contributed by atoms with E-state index < -0.39 is 5.91 Å². The van der Waals surface area contributed by atoms with E-state index in [-0.39, 0.29) is 22.9 Å². The van der Waals surface area contributed by atoms with Crippen molar-refractivity contribution in [1.82, 2.24) is 20.8 Å². The van der Waals surface area contributed by atoms with Crippen molar-refractivity contribution in [3.8, 4) is 11.4 Å². The Hall–Kier alpha value is -3.35. The second-order valence-corrected chi connectivity index (χ2v) is 8.57. The third kappa shape index (κ3) is 5.35. The monoisotopic (exact) mass is 480 g/mol. The molecule has 0 saturated heterocycles. The lowest BCUT2D eigenvalue weighted by Crippen LogP contribution is -2.41. The van der Waals surface area contributed by atoms with Crippen LogP contribution >= 0.6 is 23.2 Å². The summed E-state index contributed by atoms with van der Waals surface area (Å²) in [6.07, 6.45) is 3.29. The number of carbonyl (C=O) groups excluding carboxylic acids is 2. The molecule has 3 N–H and O–H groups in total. The van der Waals surface area contributed by atoms with Gasteiger partial charge in [-0.2, -0.15) is 0 Å². The fourth-order valence-corrected chi connectivity index (χ4v) is 4.20. The third-order valence-electron chi connectivity index (χ3n) is 5.30. The van der Waals surface area contributed by atoms with Gasteiger partial charge in [-0.1, -0.05) is 40.9 Å². The van der Waals surface area contributed by atoms with Crippen LogP contribution in [0.1, 0.15) is 34.3 Å². The van der Waals surface area contributed by atoms with Crippen molar-refractivity contribution in [3.05, 3.63) is 87.5 Å². The van der Waals surface area contributed by atoms with Crippen LogP contribution < -0.4 is 10.9 Å². The molecule has 4 rings (SSSR count). The SMILES string of the molecule is Cc1ccc2[nH]c(-c3ccccn3)c(CCCC(=O)NNC(=O)c3ccc(Cl)cc3Cl)c2c1. The summed E-state index contributed by atoms with van der Waals surface area (Å²) in [6, 6.07) is 16.6. The van der Waals surface area contributed by atoms with Crippen LogP contribution in [-0.4, -0.2) is 21.8 Å². The first-order valence-corrected chi connectivity index (χ1v) is 11.2. The maximum absolute atomic E-state index is 12.3. The number of nitrogens with one attached hydrogen (secondary N) is 3. The molecule has 0 aliphatic heterocycles. The standard InChI is InChI=1S/C25H22Cl2N4O2/c1-15-8-11-21-19(13-15)17(24(29-21)22-6-2-3-12-28-22)5-4-7-23(32)30-31-25(33)18-10-9-16(26)14-20(18)27/h2-3,6,8-14,29H,4-5,7H2,1H3,(H,30,32)(H,31,33). The van der Waals surface area contributed by atoms with E-state index in [0.717, 1.165) is 33.4 Å². The zero-order chi connectivity index (χ0) is 23.4. The Bertz CT molecular complexity index is 1320. The largest absolute Gasteiger partial charge is 0.353 e. The van der Waals surface area contributed by atoms with Crippen molar-refractivity contribution < 1.29 is 9.59 Å². The number of H-pyrrole nitrogens is 1. The summed E-state index contributed by atoms with van der Waals surface area (Å²) in [7, 11) is 0. The van der Waals surface area contributed by atoms with Crippen LogP contribution in [0, 0.1) is 6.92 Å². The minimum Gasteiger partial charge on any atom is -0.353 e. The molecule has 168 valence electrons. The van der Waals surface area contributed by atoms with Crippen molar-refractivity contribution in [2.45, 2.75) is 26.2 Å². The minimum absolute atomic E-state index is 0.214. The molecule has 33 heavy (non-hydrogen) atoms. The molecule has 2 aromatic carbocycles. The lowest BCUT2D eigenvalue weighted by atomic mass is 10.0. The van der Waals surface area contributed by atoms with E-state index in [4.69, 9.17) is 23.2 Å². The van der Waals surface area contributed by atoms with E-state index >= 15 is 0 Å². The minimum atomic E-state index is -0.505. The number of hydrogen-bond acceptors (Lipinski definition) is 3. The number of hydrazine groups is 1. The van der Waals surface area contributed by atoms with Gasteiger partial charge in [0.1, 0.15) is 0 Å². The van der Waals surface area contributed by atoms with Gasteiger partial charge < -0.3 is 4.98 Å². The first-order valence-electron chi connectivity index (χ1n) is 10.5. The Morgan fingerprint density at radius 1 is 1.03 bits per heavy atom. The summed E-state index contributed by atoms with van der Waals surface area (Å²) in [5.41, 5.74) is 10.2. The quantitative estimate of drug-likeness (QED) is 0.312. The van der Waals surface area contributed by atoms with E-state index in [1.54, 1.807) is 12.3 Å². The Kier molecular flexibility index (Phi) is 6.96. The summed E-state index contributed by atoms with van der Waals surface area (Å²) in [4.78, 5) is 32.5. The molecule has 4 aromatic rings. The van der Waals surface area contributed by atoms with Crippen LogP contribution in [0.3, 0.4) is 0 Å². The number of aromatic amines is 1. The second kappa shape index (κ2) is 10.1. The van der Waals surface area contributed by atoms with Gasteiger partial charge in [0.05, 0.1) is 22.0 Å². The highest BCUT2D eigenvalue weighted by molar-refractivity contribution is 6.36. The molecule has 0 saturated carbocycles. The topological polar surface area (TPSA) is 86.9 Å². The maximum atomic E-state index is 12.3. The number of rotatable bonds is 6. The highest BCUT2D eigenvalue weighted by Crippen LogP contribution is 2.31. The van der Waals surface area contributed by atoms with Gasteiger partial charge >= 0.3 is 0 Å². The van der Waals surface area contributed by atoms with Crippen LogP contribution in [0.5, 0.6) is 0 Å². The van der Waals surface area contributed by atoms with Gasteiger partial charge in [-0.3, -0.25) is 25.4 Å². The molecule has 8 heteroatoms. The maximum Gasteiger partial charge on any atom is 0.271 e. The highest BCUT2D eigenvalue weighted by Gasteiger charge is 2.15. The fraction of sp³-hybridized carbons (Fsp3) is 0.160. The summed E-state index contributed by atoms with van der Waals surface area (Å²) in [5, 5.41) is 1.77. The first kappa shape index (κ1) is 22.8. The predicted octanol–water partition coefficient (Wildman–Crippen LogP) is 5.63. The molecular formula is C25H22Cl2N4O2. The summed E-state index contributed by atoms with van der Waals surface area (Å²) >= 11 is 11.9. The summed E-state index contributed by atoms with van der Waals surface area (Å²) in [5.74, 6) is -0.793. The molecule has 0 radical (unpaired) electrons. The number of hydrogen-bond donors (Lipinski definition) is 3. The Labute approximate surface area is 201 Å². The molecular weight excluding hydrogens is 459 g/mol. The zero-order valence-electron chi connectivity index (χ0n) is 17.9. The zero-order valence-corrected chi connectivity index (χ0v) is 19.4. The first-order chi connectivity index (χ1) is 15.9. The number of carbonyl (C=O) groups is 2. The van der Waals surface area contributed by atoms with E-state index in [9.17, 15) is 9.59 Å². The number of fused-ring (bicyclic) bond motifs is 1. The Morgan fingerprint density at radius 2 is 1.88 bits per heavy atom. The van der Waals surface area contributed by atoms with Crippen molar-refractivity contribution in [3.63, 3.8) is 0 Å². The van der Waals surface area contributed by atoms with Gasteiger partial charge in [-0.25, -0.2) is 0 Å². The van der Waals surface area contributed by atoms with E-state index in [1.807, 2.05) is 18.2 Å². The molecule has 0 aliphatic rings. The number of pyridine rings is 1. The average Bonchev–Trinajstić information content (AvgIpc) is 3.16. The van der Waals surface area contributed by atoms with Crippen LogP contribution in [0.2, 0.25) is 10.0 Å². The molecule has 0 unspecified atom stereocenters. The van der Waals surface area contributed by atoms with Crippen LogP contribution in [-0.2, 0) is 11.2 Å². The van der Waals surface area contributed by atoms with Crippen molar-refractivity contribution in [1.29, 1.82) is 0 Å². The lowest BCUT2D eigenvalue weighted by Gasteiger charge is -2.09. The predicted molar refractivity (Wildman–Crippen MR) is 131 cm³/mol. The Balaban J connectivity index is 1.41. The van der Waals surface area contributed by atoms with Gasteiger partial charge in [0.25, 0.3) is 5.91 Å².